The van der Waals surface area contributed by atoms with Gasteiger partial charge in [-0.05, 0) is 38.1 Å². The fourth-order valence-electron chi connectivity index (χ4n) is 1.51. The molecule has 0 aromatic rings. The third kappa shape index (κ3) is 10.2. The van der Waals surface area contributed by atoms with E-state index in [9.17, 15) is 0 Å². The molecule has 0 heterocycles. The van der Waals surface area contributed by atoms with Crippen LogP contribution in [0.2, 0.25) is 0 Å². The van der Waals surface area contributed by atoms with Crippen molar-refractivity contribution in [1.82, 2.24) is 5.32 Å². The highest BCUT2D eigenvalue weighted by Crippen LogP contribution is 2.22. The van der Waals surface area contributed by atoms with Gasteiger partial charge in [-0.1, -0.05) is 27.7 Å². The molecule has 0 aliphatic heterocycles. The van der Waals surface area contributed by atoms with Crippen molar-refractivity contribution in [2.75, 3.05) is 20.3 Å². The first kappa shape index (κ1) is 14.9. The molecule has 0 saturated heterocycles. The molecule has 15 heavy (non-hydrogen) atoms. The summed E-state index contributed by atoms with van der Waals surface area (Å²) in [4.78, 5) is 0. The Balaban J connectivity index is 3.55. The first-order chi connectivity index (χ1) is 6.99. The van der Waals surface area contributed by atoms with Gasteiger partial charge < -0.3 is 10.1 Å². The average molecular weight is 215 g/mol. The largest absolute Gasteiger partial charge is 0.381 e. The highest BCUT2D eigenvalue weighted by Gasteiger charge is 2.13. The standard InChI is InChI=1S/C13H29NO/c1-6-10-15-11-8-12(14-5)7-9-13(2,3)4/h12,14H,6-11H2,1-5H3. The van der Waals surface area contributed by atoms with Crippen LogP contribution in [0.1, 0.15) is 53.4 Å². The lowest BCUT2D eigenvalue weighted by Gasteiger charge is -2.22. The summed E-state index contributed by atoms with van der Waals surface area (Å²) in [6.45, 7) is 10.8. The van der Waals surface area contributed by atoms with Gasteiger partial charge in [0.1, 0.15) is 0 Å². The van der Waals surface area contributed by atoms with Gasteiger partial charge >= 0.3 is 0 Å². The molecule has 0 radical (unpaired) electrons. The SMILES string of the molecule is CCCOCCC(CCC(C)(C)C)NC. The van der Waals surface area contributed by atoms with Crippen LogP contribution in [0.25, 0.3) is 0 Å². The maximum atomic E-state index is 5.51. The molecule has 1 atom stereocenters. The number of ether oxygens (including phenoxy) is 1. The first-order valence-corrected chi connectivity index (χ1v) is 6.24. The van der Waals surface area contributed by atoms with Crippen LogP contribution in [0.4, 0.5) is 0 Å². The third-order valence-corrected chi connectivity index (χ3v) is 2.61. The minimum Gasteiger partial charge on any atom is -0.381 e. The van der Waals surface area contributed by atoms with E-state index >= 15 is 0 Å². The summed E-state index contributed by atoms with van der Waals surface area (Å²) in [6, 6.07) is 0.612. The number of hydrogen-bond acceptors (Lipinski definition) is 2. The molecule has 0 bridgehead atoms. The van der Waals surface area contributed by atoms with Crippen LogP contribution in [0.15, 0.2) is 0 Å². The van der Waals surface area contributed by atoms with Gasteiger partial charge in [-0.3, -0.25) is 0 Å². The van der Waals surface area contributed by atoms with Gasteiger partial charge in [-0.2, -0.15) is 0 Å². The van der Waals surface area contributed by atoms with Crippen LogP contribution < -0.4 is 5.32 Å². The lowest BCUT2D eigenvalue weighted by molar-refractivity contribution is 0.123. The normalized spacial score (nSPS) is 14.2. The van der Waals surface area contributed by atoms with E-state index in [0.717, 1.165) is 26.1 Å². The summed E-state index contributed by atoms with van der Waals surface area (Å²) in [7, 11) is 2.05. The van der Waals surface area contributed by atoms with Crippen molar-refractivity contribution < 1.29 is 4.74 Å². The molecule has 0 aliphatic rings. The topological polar surface area (TPSA) is 21.3 Å². The fraction of sp³-hybridized carbons (Fsp3) is 1.00. The predicted octanol–water partition coefficient (Wildman–Crippen LogP) is 3.22. The van der Waals surface area contributed by atoms with Crippen molar-refractivity contribution in [2.45, 2.75) is 59.4 Å². The van der Waals surface area contributed by atoms with Crippen molar-refractivity contribution in [2.24, 2.45) is 5.41 Å². The lowest BCUT2D eigenvalue weighted by Crippen LogP contribution is -2.28. The second kappa shape index (κ2) is 8.12. The Morgan fingerprint density at radius 1 is 1.13 bits per heavy atom. The predicted molar refractivity (Wildman–Crippen MR) is 67.3 cm³/mol. The van der Waals surface area contributed by atoms with Gasteiger partial charge in [-0.25, -0.2) is 0 Å². The molecule has 1 unspecified atom stereocenters. The fourth-order valence-corrected chi connectivity index (χ4v) is 1.51. The Labute approximate surface area is 95.8 Å². The summed E-state index contributed by atoms with van der Waals surface area (Å²) in [6.07, 6.45) is 4.76. The van der Waals surface area contributed by atoms with Crippen LogP contribution in [0, 0.1) is 5.41 Å². The molecule has 2 nitrogen and oxygen atoms in total. The summed E-state index contributed by atoms with van der Waals surface area (Å²) in [5.74, 6) is 0. The zero-order valence-electron chi connectivity index (χ0n) is 11.2. The molecule has 0 aromatic heterocycles. The van der Waals surface area contributed by atoms with Crippen molar-refractivity contribution >= 4 is 0 Å². The zero-order valence-corrected chi connectivity index (χ0v) is 11.2. The second-order valence-electron chi connectivity index (χ2n) is 5.49. The maximum Gasteiger partial charge on any atom is 0.0480 e. The first-order valence-electron chi connectivity index (χ1n) is 6.24. The molecule has 92 valence electrons. The molecule has 2 heteroatoms. The Bertz CT molecular complexity index is 140. The molecule has 1 N–H and O–H groups in total. The van der Waals surface area contributed by atoms with E-state index in [1.807, 2.05) is 7.05 Å². The van der Waals surface area contributed by atoms with Crippen LogP contribution in [-0.2, 0) is 4.74 Å². The number of hydrogen-bond donors (Lipinski definition) is 1. The van der Waals surface area contributed by atoms with Crippen molar-refractivity contribution in [3.8, 4) is 0 Å². The van der Waals surface area contributed by atoms with Crippen LogP contribution >= 0.6 is 0 Å². The van der Waals surface area contributed by atoms with Gasteiger partial charge in [-0.15, -0.1) is 0 Å². The van der Waals surface area contributed by atoms with Gasteiger partial charge in [0.2, 0.25) is 0 Å². The number of nitrogens with one attached hydrogen (secondary N) is 1. The van der Waals surface area contributed by atoms with E-state index in [2.05, 4.69) is 33.0 Å². The molecule has 0 aliphatic carbocycles. The Morgan fingerprint density at radius 3 is 2.27 bits per heavy atom. The van der Waals surface area contributed by atoms with E-state index in [1.54, 1.807) is 0 Å². The Kier molecular flexibility index (Phi) is 8.07. The van der Waals surface area contributed by atoms with Gasteiger partial charge in [0.25, 0.3) is 0 Å². The summed E-state index contributed by atoms with van der Waals surface area (Å²) in [5.41, 5.74) is 0.444. The molecule has 0 aromatic carbocycles. The highest BCUT2D eigenvalue weighted by molar-refractivity contribution is 4.69. The minimum atomic E-state index is 0.444. The van der Waals surface area contributed by atoms with Crippen LogP contribution in [0.3, 0.4) is 0 Å². The van der Waals surface area contributed by atoms with E-state index in [4.69, 9.17) is 4.74 Å². The minimum absolute atomic E-state index is 0.444. The Morgan fingerprint density at radius 2 is 1.80 bits per heavy atom. The van der Waals surface area contributed by atoms with Gasteiger partial charge in [0.15, 0.2) is 0 Å². The van der Waals surface area contributed by atoms with Crippen LogP contribution in [-0.4, -0.2) is 26.3 Å². The Hall–Kier alpha value is -0.0800. The average Bonchev–Trinajstić information content (AvgIpc) is 2.15. The monoisotopic (exact) mass is 215 g/mol. The molecular formula is C13H29NO. The van der Waals surface area contributed by atoms with Crippen molar-refractivity contribution in [3.63, 3.8) is 0 Å². The molecule has 0 amide bonds. The summed E-state index contributed by atoms with van der Waals surface area (Å²) >= 11 is 0. The molecular weight excluding hydrogens is 186 g/mol. The van der Waals surface area contributed by atoms with Crippen molar-refractivity contribution in [3.05, 3.63) is 0 Å². The third-order valence-electron chi connectivity index (χ3n) is 2.61. The summed E-state index contributed by atoms with van der Waals surface area (Å²) < 4.78 is 5.51. The van der Waals surface area contributed by atoms with Crippen molar-refractivity contribution in [1.29, 1.82) is 0 Å². The van der Waals surface area contributed by atoms with Gasteiger partial charge in [0, 0.05) is 19.3 Å². The van der Waals surface area contributed by atoms with Crippen LogP contribution in [0.5, 0.6) is 0 Å². The molecule has 0 spiro atoms. The smallest absolute Gasteiger partial charge is 0.0480 e. The molecule has 0 fully saturated rings. The van der Waals surface area contributed by atoms with E-state index in [-0.39, 0.29) is 0 Å². The highest BCUT2D eigenvalue weighted by atomic mass is 16.5. The molecule has 0 saturated carbocycles. The quantitative estimate of drug-likeness (QED) is 0.628. The van der Waals surface area contributed by atoms with E-state index in [0.29, 0.717) is 11.5 Å². The zero-order chi connectivity index (χ0) is 11.7. The van der Waals surface area contributed by atoms with E-state index < -0.39 is 0 Å². The summed E-state index contributed by atoms with van der Waals surface area (Å²) in [5, 5.41) is 3.37. The number of rotatable bonds is 8. The second-order valence-corrected chi connectivity index (χ2v) is 5.49. The maximum absolute atomic E-state index is 5.51. The van der Waals surface area contributed by atoms with E-state index in [1.165, 1.54) is 12.8 Å². The van der Waals surface area contributed by atoms with Gasteiger partial charge in [0.05, 0.1) is 0 Å². The lowest BCUT2D eigenvalue weighted by atomic mass is 9.88. The molecule has 0 rings (SSSR count).